The summed E-state index contributed by atoms with van der Waals surface area (Å²) < 4.78 is 0. The Labute approximate surface area is 307 Å². The quantitative estimate of drug-likeness (QED) is 0.186. The molecule has 242 valence electrons. The molecule has 0 saturated heterocycles. The second-order valence-electron chi connectivity index (χ2n) is 13.2. The molecule has 52 heavy (non-hydrogen) atoms. The third-order valence-corrected chi connectivity index (χ3v) is 11.6. The van der Waals surface area contributed by atoms with Crippen LogP contribution in [0.25, 0.3) is 56.2 Å². The van der Waals surface area contributed by atoms with Crippen molar-refractivity contribution < 1.29 is 0 Å². The molecule has 4 heteroatoms. The van der Waals surface area contributed by atoms with Crippen molar-refractivity contribution in [2.75, 3.05) is 0 Å². The molecule has 0 saturated carbocycles. The lowest BCUT2D eigenvalue weighted by molar-refractivity contribution is 0.723. The van der Waals surface area contributed by atoms with Crippen LogP contribution in [0.1, 0.15) is 27.8 Å². The van der Waals surface area contributed by atoms with Crippen LogP contribution in [0, 0.1) is 11.3 Å². The van der Waals surface area contributed by atoms with E-state index in [1.165, 1.54) is 43.2 Å². The molecule has 8 aromatic rings. The van der Waals surface area contributed by atoms with Gasteiger partial charge in [-0.25, -0.2) is 9.97 Å². The zero-order chi connectivity index (χ0) is 34.6. The van der Waals surface area contributed by atoms with Crippen LogP contribution in [0.5, 0.6) is 0 Å². The van der Waals surface area contributed by atoms with Crippen LogP contribution in [0.3, 0.4) is 0 Å². The second kappa shape index (κ2) is 12.1. The van der Waals surface area contributed by atoms with Crippen LogP contribution in [-0.2, 0) is 5.41 Å². The van der Waals surface area contributed by atoms with E-state index >= 15 is 0 Å². The van der Waals surface area contributed by atoms with Gasteiger partial charge in [-0.15, -0.1) is 0 Å². The standard InChI is InChI=1S/C48H29N3S/c49-30-31-22-24-32(25-23-31)36-18-11-21-41-46(36)52-45-27-26-35(28-42(45)48(41)39-19-9-7-16-37(39)38-17-8-10-20-40(38)48)47-50-43(33-12-3-1-4-13-33)29-44(51-47)34-14-5-2-6-15-34/h1-29H. The molecule has 0 fully saturated rings. The van der Waals surface area contributed by atoms with Crippen LogP contribution < -0.4 is 0 Å². The van der Waals surface area contributed by atoms with Gasteiger partial charge in [0.15, 0.2) is 5.82 Å². The maximum absolute atomic E-state index is 9.51. The predicted octanol–water partition coefficient (Wildman–Crippen LogP) is 11.8. The van der Waals surface area contributed by atoms with Gasteiger partial charge in [0.05, 0.1) is 28.4 Å². The van der Waals surface area contributed by atoms with E-state index in [-0.39, 0.29) is 0 Å². The van der Waals surface area contributed by atoms with E-state index in [2.05, 4.69) is 158 Å². The molecular weight excluding hydrogens is 651 g/mol. The molecule has 0 amide bonds. The van der Waals surface area contributed by atoms with Gasteiger partial charge >= 0.3 is 0 Å². The van der Waals surface area contributed by atoms with Crippen LogP contribution in [0.15, 0.2) is 186 Å². The number of nitriles is 1. The molecule has 0 radical (unpaired) electrons. The molecule has 0 atom stereocenters. The normalized spacial score (nSPS) is 13.1. The first-order valence-electron chi connectivity index (χ1n) is 17.4. The molecule has 1 spiro atoms. The monoisotopic (exact) mass is 679 g/mol. The van der Waals surface area contributed by atoms with Crippen molar-refractivity contribution in [3.63, 3.8) is 0 Å². The van der Waals surface area contributed by atoms with E-state index in [0.29, 0.717) is 11.4 Å². The van der Waals surface area contributed by atoms with Gasteiger partial charge in [0.2, 0.25) is 0 Å². The lowest BCUT2D eigenvalue weighted by Crippen LogP contribution is -2.32. The van der Waals surface area contributed by atoms with Gasteiger partial charge in [0.1, 0.15) is 0 Å². The highest BCUT2D eigenvalue weighted by Crippen LogP contribution is 2.63. The highest BCUT2D eigenvalue weighted by molar-refractivity contribution is 7.99. The molecule has 3 nitrogen and oxygen atoms in total. The maximum Gasteiger partial charge on any atom is 0.160 e. The van der Waals surface area contributed by atoms with Gasteiger partial charge < -0.3 is 0 Å². The summed E-state index contributed by atoms with van der Waals surface area (Å²) >= 11 is 1.82. The zero-order valence-corrected chi connectivity index (χ0v) is 28.8. The number of hydrogen-bond donors (Lipinski definition) is 0. The number of benzene rings is 7. The predicted molar refractivity (Wildman–Crippen MR) is 210 cm³/mol. The van der Waals surface area contributed by atoms with Gasteiger partial charge in [-0.1, -0.05) is 157 Å². The van der Waals surface area contributed by atoms with Gasteiger partial charge in [-0.3, -0.25) is 0 Å². The van der Waals surface area contributed by atoms with Crippen molar-refractivity contribution in [2.24, 2.45) is 0 Å². The molecule has 0 unspecified atom stereocenters. The summed E-state index contributed by atoms with van der Waals surface area (Å²) in [5, 5.41) is 9.51. The molecule has 2 heterocycles. The van der Waals surface area contributed by atoms with E-state index in [1.54, 1.807) is 0 Å². The Morgan fingerprint density at radius 3 is 1.60 bits per heavy atom. The Hall–Kier alpha value is -6.54. The van der Waals surface area contributed by atoms with E-state index in [0.717, 1.165) is 39.2 Å². The van der Waals surface area contributed by atoms with Gasteiger partial charge in [0.25, 0.3) is 0 Å². The Morgan fingerprint density at radius 1 is 0.442 bits per heavy atom. The third-order valence-electron chi connectivity index (χ3n) is 10.4. The Bertz CT molecular complexity index is 2610. The molecule has 2 aliphatic rings. The number of aromatic nitrogens is 2. The Kier molecular flexibility index (Phi) is 7.02. The van der Waals surface area contributed by atoms with Crippen molar-refractivity contribution in [3.8, 4) is 62.2 Å². The van der Waals surface area contributed by atoms with Gasteiger partial charge in [0, 0.05) is 26.5 Å². The maximum atomic E-state index is 9.51. The Morgan fingerprint density at radius 2 is 0.981 bits per heavy atom. The van der Waals surface area contributed by atoms with Crippen molar-refractivity contribution in [3.05, 3.63) is 204 Å². The number of hydrogen-bond acceptors (Lipinski definition) is 4. The van der Waals surface area contributed by atoms with E-state index in [9.17, 15) is 5.26 Å². The van der Waals surface area contributed by atoms with Crippen molar-refractivity contribution in [1.29, 1.82) is 5.26 Å². The molecule has 7 aromatic carbocycles. The first-order valence-corrected chi connectivity index (χ1v) is 18.2. The van der Waals surface area contributed by atoms with Gasteiger partial charge in [-0.05, 0) is 74.8 Å². The minimum atomic E-state index is -0.568. The topological polar surface area (TPSA) is 49.6 Å². The summed E-state index contributed by atoms with van der Waals surface area (Å²) in [7, 11) is 0. The average Bonchev–Trinajstić information content (AvgIpc) is 3.52. The summed E-state index contributed by atoms with van der Waals surface area (Å²) in [4.78, 5) is 12.9. The fraction of sp³-hybridized carbons (Fsp3) is 0.0208. The smallest absolute Gasteiger partial charge is 0.160 e. The first-order chi connectivity index (χ1) is 25.7. The minimum absolute atomic E-state index is 0.568. The summed E-state index contributed by atoms with van der Waals surface area (Å²) in [5.74, 6) is 0.694. The summed E-state index contributed by atoms with van der Waals surface area (Å²) in [6.45, 7) is 0. The van der Waals surface area contributed by atoms with Crippen LogP contribution >= 0.6 is 11.8 Å². The first kappa shape index (κ1) is 30.3. The lowest BCUT2D eigenvalue weighted by atomic mass is 9.66. The van der Waals surface area contributed by atoms with Gasteiger partial charge in [-0.2, -0.15) is 5.26 Å². The second-order valence-corrected chi connectivity index (χ2v) is 14.3. The molecule has 0 bridgehead atoms. The molecular formula is C48H29N3S. The highest BCUT2D eigenvalue weighted by atomic mass is 32.2. The summed E-state index contributed by atoms with van der Waals surface area (Å²) in [6.07, 6.45) is 0. The SMILES string of the molecule is N#Cc1ccc(-c2cccc3c2Sc2ccc(-c4nc(-c5ccccc5)cc(-c5ccccc5)n4)cc2C32c3ccccc3-c3ccccc32)cc1. The number of fused-ring (bicyclic) bond motifs is 9. The fourth-order valence-electron chi connectivity index (χ4n) is 8.11. The summed E-state index contributed by atoms with van der Waals surface area (Å²) in [5.41, 5.74) is 14.7. The van der Waals surface area contributed by atoms with Crippen molar-refractivity contribution in [2.45, 2.75) is 15.2 Å². The minimum Gasteiger partial charge on any atom is -0.228 e. The molecule has 1 aliphatic heterocycles. The Balaban J connectivity index is 1.25. The lowest BCUT2D eigenvalue weighted by Gasteiger charge is -2.40. The van der Waals surface area contributed by atoms with E-state index in [1.807, 2.05) is 36.0 Å². The van der Waals surface area contributed by atoms with Crippen LogP contribution in [0.4, 0.5) is 0 Å². The number of rotatable bonds is 4. The molecule has 0 N–H and O–H groups in total. The van der Waals surface area contributed by atoms with Crippen molar-refractivity contribution >= 4 is 11.8 Å². The van der Waals surface area contributed by atoms with Crippen molar-refractivity contribution in [1.82, 2.24) is 9.97 Å². The fourth-order valence-corrected chi connectivity index (χ4v) is 9.41. The third kappa shape index (κ3) is 4.60. The molecule has 10 rings (SSSR count). The summed E-state index contributed by atoms with van der Waals surface area (Å²) in [6, 6.07) is 64.3. The average molecular weight is 680 g/mol. The van der Waals surface area contributed by atoms with E-state index in [4.69, 9.17) is 9.97 Å². The molecule has 1 aliphatic carbocycles. The van der Waals surface area contributed by atoms with E-state index < -0.39 is 5.41 Å². The number of nitrogens with zero attached hydrogens (tertiary/aromatic N) is 3. The van der Waals surface area contributed by atoms with Crippen LogP contribution in [-0.4, -0.2) is 9.97 Å². The zero-order valence-electron chi connectivity index (χ0n) is 28.0. The van der Waals surface area contributed by atoms with Crippen LogP contribution in [0.2, 0.25) is 0 Å². The molecule has 1 aromatic heterocycles. The highest BCUT2D eigenvalue weighted by Gasteiger charge is 2.50. The largest absolute Gasteiger partial charge is 0.228 e.